The molecule has 5 rings (SSSR count). The highest BCUT2D eigenvalue weighted by molar-refractivity contribution is 5.83. The topological polar surface area (TPSA) is 40.5 Å². The molecule has 1 amide bonds. The van der Waals surface area contributed by atoms with E-state index in [0.717, 1.165) is 44.1 Å². The van der Waals surface area contributed by atoms with Crippen molar-refractivity contribution in [1.29, 1.82) is 0 Å². The minimum atomic E-state index is -0.284. The van der Waals surface area contributed by atoms with Crippen LogP contribution in [-0.4, -0.2) is 35.1 Å². The number of hydrogen-bond donors (Lipinski definition) is 1. The van der Waals surface area contributed by atoms with E-state index < -0.39 is 0 Å². The van der Waals surface area contributed by atoms with Crippen molar-refractivity contribution >= 4 is 5.91 Å². The average molecular weight is 263 g/mol. The van der Waals surface area contributed by atoms with Gasteiger partial charge in [0.25, 0.3) is 0 Å². The van der Waals surface area contributed by atoms with Gasteiger partial charge >= 0.3 is 0 Å². The Morgan fingerprint density at radius 3 is 2.42 bits per heavy atom. The summed E-state index contributed by atoms with van der Waals surface area (Å²) in [6.45, 7) is 3.76. The smallest absolute Gasteiger partial charge is 0.228 e. The zero-order valence-electron chi connectivity index (χ0n) is 11.9. The van der Waals surface area contributed by atoms with Gasteiger partial charge in [-0.1, -0.05) is 6.92 Å². The Balaban J connectivity index is 1.61. The van der Waals surface area contributed by atoms with Crippen LogP contribution in [0.5, 0.6) is 0 Å². The van der Waals surface area contributed by atoms with Crippen LogP contribution in [0.2, 0.25) is 0 Å². The van der Waals surface area contributed by atoms with Gasteiger partial charge in [0.1, 0.15) is 0 Å². The number of amides is 1. The third kappa shape index (κ3) is 1.77. The van der Waals surface area contributed by atoms with E-state index >= 15 is 0 Å². The van der Waals surface area contributed by atoms with Crippen LogP contribution >= 0.6 is 0 Å². The highest BCUT2D eigenvalue weighted by atomic mass is 16.3. The molecular formula is C16H25NO2. The maximum absolute atomic E-state index is 13.0. The van der Waals surface area contributed by atoms with E-state index in [2.05, 4.69) is 6.92 Å². The minimum absolute atomic E-state index is 0.0527. The van der Waals surface area contributed by atoms with E-state index in [0.29, 0.717) is 17.9 Å². The van der Waals surface area contributed by atoms with Gasteiger partial charge in [-0.15, -0.1) is 0 Å². The number of nitrogens with zero attached hydrogens (tertiary/aromatic N) is 1. The van der Waals surface area contributed by atoms with Crippen LogP contribution < -0.4 is 0 Å². The standard InChI is InChI=1S/C16H25NO2/c1-15-5-11-4-12(6-15)8-16(7-11,10-15)14(19)17-3-2-13(18)9-17/h11-13,18H,2-10H2,1H3/t11?,12?,13-,15?,16?/m0/s1. The first-order valence-electron chi connectivity index (χ1n) is 7.96. The zero-order valence-corrected chi connectivity index (χ0v) is 11.9. The van der Waals surface area contributed by atoms with Crippen LogP contribution in [0, 0.1) is 22.7 Å². The highest BCUT2D eigenvalue weighted by Crippen LogP contribution is 2.65. The first kappa shape index (κ1) is 12.2. The van der Waals surface area contributed by atoms with Gasteiger partial charge in [-0.3, -0.25) is 4.79 Å². The molecule has 106 valence electrons. The van der Waals surface area contributed by atoms with E-state index in [4.69, 9.17) is 0 Å². The SMILES string of the molecule is CC12CC3CC(C1)CC(C(=O)N1CC[C@H](O)C1)(C3)C2. The number of hydrogen-bond acceptors (Lipinski definition) is 2. The monoisotopic (exact) mass is 263 g/mol. The molecule has 0 aromatic rings. The van der Waals surface area contributed by atoms with Crippen molar-refractivity contribution in [1.82, 2.24) is 4.90 Å². The predicted octanol–water partition coefficient (Wildman–Crippen LogP) is 2.19. The van der Waals surface area contributed by atoms with Crippen LogP contribution in [-0.2, 0) is 4.79 Å². The molecule has 1 aliphatic heterocycles. The van der Waals surface area contributed by atoms with Crippen LogP contribution in [0.1, 0.15) is 51.9 Å². The second-order valence-electron chi connectivity index (χ2n) is 8.25. The lowest BCUT2D eigenvalue weighted by Crippen LogP contribution is -2.57. The number of aliphatic hydroxyl groups excluding tert-OH is 1. The highest BCUT2D eigenvalue weighted by Gasteiger charge is 2.59. The van der Waals surface area contributed by atoms with Crippen LogP contribution in [0.4, 0.5) is 0 Å². The fourth-order valence-corrected chi connectivity index (χ4v) is 6.23. The summed E-state index contributed by atoms with van der Waals surface area (Å²) in [6, 6.07) is 0. The number of rotatable bonds is 1. The van der Waals surface area contributed by atoms with E-state index in [1.807, 2.05) is 4.90 Å². The molecule has 0 spiro atoms. The van der Waals surface area contributed by atoms with Crippen molar-refractivity contribution in [3.05, 3.63) is 0 Å². The molecule has 0 aromatic heterocycles. The number of carbonyl (C=O) groups excluding carboxylic acids is 1. The minimum Gasteiger partial charge on any atom is -0.391 e. The Labute approximate surface area is 115 Å². The molecule has 4 aliphatic carbocycles. The van der Waals surface area contributed by atoms with Gasteiger partial charge in [-0.05, 0) is 62.2 Å². The Morgan fingerprint density at radius 2 is 1.89 bits per heavy atom. The second kappa shape index (κ2) is 3.75. The Bertz CT molecular complexity index is 405. The summed E-state index contributed by atoms with van der Waals surface area (Å²) in [7, 11) is 0. The summed E-state index contributed by atoms with van der Waals surface area (Å²) >= 11 is 0. The second-order valence-corrected chi connectivity index (χ2v) is 8.25. The molecule has 5 aliphatic rings. The van der Waals surface area contributed by atoms with Crippen molar-refractivity contribution in [2.75, 3.05) is 13.1 Å². The lowest BCUT2D eigenvalue weighted by atomic mass is 9.44. The van der Waals surface area contributed by atoms with Crippen LogP contribution in [0.25, 0.3) is 0 Å². The third-order valence-electron chi connectivity index (χ3n) is 6.26. The van der Waals surface area contributed by atoms with Crippen molar-refractivity contribution < 1.29 is 9.90 Å². The van der Waals surface area contributed by atoms with Crippen LogP contribution in [0.3, 0.4) is 0 Å². The summed E-state index contributed by atoms with van der Waals surface area (Å²) in [4.78, 5) is 15.0. The molecule has 2 unspecified atom stereocenters. The summed E-state index contributed by atoms with van der Waals surface area (Å²) in [5.41, 5.74) is 0.376. The van der Waals surface area contributed by atoms with Crippen molar-refractivity contribution in [3.63, 3.8) is 0 Å². The largest absolute Gasteiger partial charge is 0.391 e. The lowest BCUT2D eigenvalue weighted by molar-refractivity contribution is -0.165. The maximum atomic E-state index is 13.0. The summed E-state index contributed by atoms with van der Waals surface area (Å²) in [5, 5.41) is 9.69. The molecule has 4 saturated carbocycles. The molecule has 0 radical (unpaired) electrons. The Hall–Kier alpha value is -0.570. The first-order valence-corrected chi connectivity index (χ1v) is 7.96. The molecule has 3 heteroatoms. The number of aliphatic hydroxyl groups is 1. The summed E-state index contributed by atoms with van der Waals surface area (Å²) in [6.07, 6.45) is 7.92. The van der Waals surface area contributed by atoms with Crippen molar-refractivity contribution in [3.8, 4) is 0 Å². The fourth-order valence-electron chi connectivity index (χ4n) is 6.23. The molecule has 4 bridgehead atoms. The summed E-state index contributed by atoms with van der Waals surface area (Å²) < 4.78 is 0. The number of carbonyl (C=O) groups is 1. The first-order chi connectivity index (χ1) is 8.98. The maximum Gasteiger partial charge on any atom is 0.228 e. The molecular weight excluding hydrogens is 238 g/mol. The molecule has 1 N–H and O–H groups in total. The lowest BCUT2D eigenvalue weighted by Gasteiger charge is -2.61. The molecule has 0 aromatic carbocycles. The Morgan fingerprint density at radius 1 is 1.21 bits per heavy atom. The van der Waals surface area contributed by atoms with Crippen molar-refractivity contribution in [2.45, 2.75) is 58.0 Å². The zero-order chi connectivity index (χ0) is 13.3. The Kier molecular flexibility index (Phi) is 2.41. The number of β-amino-alcohol motifs (C(OH)–C–C–N with tert-alkyl or cyclic N) is 1. The van der Waals surface area contributed by atoms with Gasteiger partial charge in [0, 0.05) is 13.1 Å². The van der Waals surface area contributed by atoms with Gasteiger partial charge in [-0.25, -0.2) is 0 Å². The number of likely N-dealkylation sites (tertiary alicyclic amines) is 1. The van der Waals surface area contributed by atoms with Gasteiger partial charge in [0.15, 0.2) is 0 Å². The normalized spacial score (nSPS) is 51.9. The average Bonchev–Trinajstić information content (AvgIpc) is 2.71. The van der Waals surface area contributed by atoms with E-state index in [-0.39, 0.29) is 11.5 Å². The van der Waals surface area contributed by atoms with Gasteiger partial charge in [0.05, 0.1) is 11.5 Å². The van der Waals surface area contributed by atoms with Crippen LogP contribution in [0.15, 0.2) is 0 Å². The van der Waals surface area contributed by atoms with E-state index in [1.54, 1.807) is 0 Å². The van der Waals surface area contributed by atoms with Gasteiger partial charge in [0.2, 0.25) is 5.91 Å². The summed E-state index contributed by atoms with van der Waals surface area (Å²) in [5.74, 6) is 1.97. The third-order valence-corrected chi connectivity index (χ3v) is 6.26. The quantitative estimate of drug-likeness (QED) is 0.788. The molecule has 1 heterocycles. The molecule has 5 fully saturated rings. The molecule has 3 nitrogen and oxygen atoms in total. The molecule has 1 saturated heterocycles. The van der Waals surface area contributed by atoms with E-state index in [1.165, 1.54) is 19.3 Å². The van der Waals surface area contributed by atoms with Gasteiger partial charge < -0.3 is 10.0 Å². The van der Waals surface area contributed by atoms with Crippen molar-refractivity contribution in [2.24, 2.45) is 22.7 Å². The van der Waals surface area contributed by atoms with E-state index in [9.17, 15) is 9.90 Å². The predicted molar refractivity (Wildman–Crippen MR) is 72.4 cm³/mol. The molecule has 3 atom stereocenters. The van der Waals surface area contributed by atoms with Gasteiger partial charge in [-0.2, -0.15) is 0 Å². The fraction of sp³-hybridized carbons (Fsp3) is 0.938. The molecule has 19 heavy (non-hydrogen) atoms.